The predicted octanol–water partition coefficient (Wildman–Crippen LogP) is 1.84. The molecular formula is C4H3BrF6O4. The van der Waals surface area contributed by atoms with Gasteiger partial charge in [0.15, 0.2) is 0 Å². The van der Waals surface area contributed by atoms with Gasteiger partial charge in [0.2, 0.25) is 0 Å². The maximum Gasteiger partial charge on any atom is 0.490 e. The van der Waals surface area contributed by atoms with Crippen LogP contribution >= 0.6 is 17.0 Å². The van der Waals surface area contributed by atoms with E-state index in [0.717, 1.165) is 0 Å². The first-order chi connectivity index (χ1) is 5.89. The van der Waals surface area contributed by atoms with Crippen LogP contribution < -0.4 is 0 Å². The van der Waals surface area contributed by atoms with Crippen molar-refractivity contribution in [2.24, 2.45) is 0 Å². The van der Waals surface area contributed by atoms with Gasteiger partial charge in [-0.25, -0.2) is 9.59 Å². The van der Waals surface area contributed by atoms with Crippen LogP contribution in [0.5, 0.6) is 0 Å². The van der Waals surface area contributed by atoms with Gasteiger partial charge in [0, 0.05) is 0 Å². The van der Waals surface area contributed by atoms with Crippen LogP contribution in [0, 0.1) is 0 Å². The van der Waals surface area contributed by atoms with Crippen molar-refractivity contribution in [2.45, 2.75) is 12.4 Å². The van der Waals surface area contributed by atoms with Gasteiger partial charge in [0.05, 0.1) is 0 Å². The molecule has 0 atom stereocenters. The highest BCUT2D eigenvalue weighted by molar-refractivity contribution is 8.93. The Balaban J connectivity index is -0.000000180. The lowest BCUT2D eigenvalue weighted by molar-refractivity contribution is -0.193. The van der Waals surface area contributed by atoms with Crippen molar-refractivity contribution in [3.63, 3.8) is 0 Å². The van der Waals surface area contributed by atoms with Gasteiger partial charge in [-0.2, -0.15) is 26.3 Å². The van der Waals surface area contributed by atoms with Crippen LogP contribution in [-0.4, -0.2) is 34.5 Å². The van der Waals surface area contributed by atoms with Crippen LogP contribution in [0.3, 0.4) is 0 Å². The highest BCUT2D eigenvalue weighted by atomic mass is 79.9. The second kappa shape index (κ2) is 6.48. The third kappa shape index (κ3) is 13.0. The van der Waals surface area contributed by atoms with E-state index in [0.29, 0.717) is 0 Å². The molecule has 0 aromatic rings. The van der Waals surface area contributed by atoms with Gasteiger partial charge < -0.3 is 10.2 Å². The maximum atomic E-state index is 10.6. The van der Waals surface area contributed by atoms with E-state index >= 15 is 0 Å². The molecule has 0 aliphatic rings. The lowest BCUT2D eigenvalue weighted by Gasteiger charge is -1.93. The quantitative estimate of drug-likeness (QED) is 0.670. The van der Waals surface area contributed by atoms with Gasteiger partial charge in [-0.05, 0) is 0 Å². The summed E-state index contributed by atoms with van der Waals surface area (Å²) >= 11 is 0. The molecule has 15 heavy (non-hydrogen) atoms. The topological polar surface area (TPSA) is 74.6 Å². The molecule has 0 aliphatic heterocycles. The molecule has 0 aromatic carbocycles. The van der Waals surface area contributed by atoms with E-state index in [1.54, 1.807) is 0 Å². The molecular weight excluding hydrogens is 306 g/mol. The van der Waals surface area contributed by atoms with Crippen molar-refractivity contribution < 1.29 is 46.1 Å². The Morgan fingerprint density at radius 2 is 0.800 bits per heavy atom. The third-order valence-corrected chi connectivity index (χ3v) is 0.485. The summed E-state index contributed by atoms with van der Waals surface area (Å²) in [5.41, 5.74) is 0. The average Bonchev–Trinajstić information content (AvgIpc) is 1.83. The number of hydrogen-bond donors (Lipinski definition) is 2. The summed E-state index contributed by atoms with van der Waals surface area (Å²) in [7, 11) is 0. The first kappa shape index (κ1) is 19.6. The van der Waals surface area contributed by atoms with Crippen molar-refractivity contribution >= 4 is 28.9 Å². The van der Waals surface area contributed by atoms with E-state index in [1.807, 2.05) is 0 Å². The minimum Gasteiger partial charge on any atom is -0.475 e. The molecule has 0 radical (unpaired) electrons. The lowest BCUT2D eigenvalue weighted by atomic mass is 10.7. The minimum atomic E-state index is -5.08. The van der Waals surface area contributed by atoms with E-state index in [4.69, 9.17) is 19.8 Å². The fourth-order valence-corrected chi connectivity index (χ4v) is 0. The molecule has 0 spiro atoms. The molecule has 2 N–H and O–H groups in total. The van der Waals surface area contributed by atoms with E-state index in [1.165, 1.54) is 0 Å². The standard InChI is InChI=1S/2C2HF3O2.BrH/c2*3-2(4,5)1(6)7;/h2*(H,6,7);1H. The summed E-state index contributed by atoms with van der Waals surface area (Å²) in [6, 6.07) is 0. The zero-order valence-corrected chi connectivity index (χ0v) is 8.10. The molecule has 0 amide bonds. The van der Waals surface area contributed by atoms with Crippen LogP contribution in [0.15, 0.2) is 0 Å². The Kier molecular flexibility index (Phi) is 8.44. The van der Waals surface area contributed by atoms with Crippen molar-refractivity contribution in [2.75, 3.05) is 0 Å². The first-order valence-corrected chi connectivity index (χ1v) is 2.49. The van der Waals surface area contributed by atoms with Crippen LogP contribution in [-0.2, 0) is 9.59 Å². The number of carbonyl (C=O) groups is 2. The molecule has 92 valence electrons. The van der Waals surface area contributed by atoms with Crippen molar-refractivity contribution in [1.82, 2.24) is 0 Å². The Labute approximate surface area is 88.3 Å². The summed E-state index contributed by atoms with van der Waals surface area (Å²) in [5, 5.41) is 14.2. The summed E-state index contributed by atoms with van der Waals surface area (Å²) in [6.07, 6.45) is -10.2. The van der Waals surface area contributed by atoms with E-state index in [9.17, 15) is 26.3 Å². The fraction of sp³-hybridized carbons (Fsp3) is 0.500. The molecule has 4 nitrogen and oxygen atoms in total. The average molecular weight is 309 g/mol. The van der Waals surface area contributed by atoms with E-state index < -0.39 is 24.3 Å². The molecule has 0 bridgehead atoms. The molecule has 0 saturated carbocycles. The van der Waals surface area contributed by atoms with Crippen LogP contribution in [0.1, 0.15) is 0 Å². The van der Waals surface area contributed by atoms with Gasteiger partial charge in [-0.15, -0.1) is 17.0 Å². The third-order valence-electron chi connectivity index (χ3n) is 0.485. The van der Waals surface area contributed by atoms with Gasteiger partial charge in [-0.1, -0.05) is 0 Å². The van der Waals surface area contributed by atoms with Gasteiger partial charge in [0.25, 0.3) is 0 Å². The van der Waals surface area contributed by atoms with Crippen LogP contribution in [0.4, 0.5) is 26.3 Å². The van der Waals surface area contributed by atoms with Crippen LogP contribution in [0.25, 0.3) is 0 Å². The Morgan fingerprint density at radius 3 is 0.800 bits per heavy atom. The largest absolute Gasteiger partial charge is 0.490 e. The number of carboxylic acids is 2. The smallest absolute Gasteiger partial charge is 0.475 e. The summed E-state index contributed by atoms with van der Waals surface area (Å²) in [6.45, 7) is 0. The number of halogens is 7. The van der Waals surface area contributed by atoms with Crippen molar-refractivity contribution in [1.29, 1.82) is 0 Å². The van der Waals surface area contributed by atoms with Gasteiger partial charge in [0.1, 0.15) is 0 Å². The molecule has 0 aromatic heterocycles. The van der Waals surface area contributed by atoms with Crippen molar-refractivity contribution in [3.8, 4) is 0 Å². The monoisotopic (exact) mass is 308 g/mol. The molecule has 0 rings (SSSR count). The van der Waals surface area contributed by atoms with Gasteiger partial charge in [-0.3, -0.25) is 0 Å². The minimum absolute atomic E-state index is 0. The second-order valence-electron chi connectivity index (χ2n) is 1.61. The Hall–Kier alpha value is -1.00. The molecule has 0 unspecified atom stereocenters. The molecule has 0 heterocycles. The summed E-state index contributed by atoms with van der Waals surface area (Å²) < 4.78 is 63.5. The number of alkyl halides is 6. The summed E-state index contributed by atoms with van der Waals surface area (Å²) in [5.74, 6) is -5.51. The number of rotatable bonds is 0. The molecule has 0 aliphatic carbocycles. The fourth-order valence-electron chi connectivity index (χ4n) is 0. The SMILES string of the molecule is Br.O=C(O)C(F)(F)F.O=C(O)C(F)(F)F. The summed E-state index contributed by atoms with van der Waals surface area (Å²) in [4.78, 5) is 17.8. The number of carboxylic acid groups (broad SMARTS) is 2. The normalized spacial score (nSPS) is 10.5. The van der Waals surface area contributed by atoms with E-state index in [2.05, 4.69) is 0 Å². The Bertz CT molecular complexity index is 196. The van der Waals surface area contributed by atoms with Crippen LogP contribution in [0.2, 0.25) is 0 Å². The Morgan fingerprint density at radius 1 is 0.733 bits per heavy atom. The molecule has 0 fully saturated rings. The molecule has 11 heteroatoms. The highest BCUT2D eigenvalue weighted by Gasteiger charge is 2.38. The number of aliphatic carboxylic acids is 2. The maximum absolute atomic E-state index is 10.6. The number of hydrogen-bond acceptors (Lipinski definition) is 2. The highest BCUT2D eigenvalue weighted by Crippen LogP contribution is 2.13. The second-order valence-corrected chi connectivity index (χ2v) is 1.61. The van der Waals surface area contributed by atoms with Crippen molar-refractivity contribution in [3.05, 3.63) is 0 Å². The molecule has 0 saturated heterocycles. The zero-order chi connectivity index (χ0) is 12.2. The van der Waals surface area contributed by atoms with Gasteiger partial charge >= 0.3 is 24.3 Å². The van der Waals surface area contributed by atoms with E-state index in [-0.39, 0.29) is 17.0 Å². The predicted molar refractivity (Wildman–Crippen MR) is 37.7 cm³/mol. The zero-order valence-electron chi connectivity index (χ0n) is 6.39. The first-order valence-electron chi connectivity index (χ1n) is 2.49. The lowest BCUT2D eigenvalue weighted by Crippen LogP contribution is -2.21.